The SMILES string of the molecule is CN(C)c1ccc(C(=O)N2C[C@@H](O)[C@@H](O)C2)cc1N. The average Bonchev–Trinajstić information content (AvgIpc) is 2.68. The molecule has 0 bridgehead atoms. The number of carbonyl (C=O) groups excluding carboxylic acids is 1. The van der Waals surface area contributed by atoms with E-state index in [-0.39, 0.29) is 19.0 Å². The molecule has 0 aromatic heterocycles. The second kappa shape index (κ2) is 5.07. The van der Waals surface area contributed by atoms with Gasteiger partial charge in [-0.1, -0.05) is 0 Å². The summed E-state index contributed by atoms with van der Waals surface area (Å²) in [6, 6.07) is 5.10. The van der Waals surface area contributed by atoms with Gasteiger partial charge in [0, 0.05) is 32.7 Å². The molecule has 6 heteroatoms. The van der Waals surface area contributed by atoms with E-state index >= 15 is 0 Å². The molecule has 2 rings (SSSR count). The van der Waals surface area contributed by atoms with Gasteiger partial charge in [0.2, 0.25) is 0 Å². The number of nitrogens with zero attached hydrogens (tertiary/aromatic N) is 2. The van der Waals surface area contributed by atoms with Gasteiger partial charge in [-0.15, -0.1) is 0 Å². The molecule has 2 atom stereocenters. The number of nitrogens with two attached hydrogens (primary N) is 1. The van der Waals surface area contributed by atoms with Crippen LogP contribution in [0.1, 0.15) is 10.4 Å². The van der Waals surface area contributed by atoms with Crippen molar-refractivity contribution in [3.8, 4) is 0 Å². The minimum atomic E-state index is -0.873. The third kappa shape index (κ3) is 2.64. The van der Waals surface area contributed by atoms with Gasteiger partial charge < -0.3 is 25.7 Å². The normalized spacial score (nSPS) is 22.6. The monoisotopic (exact) mass is 265 g/mol. The summed E-state index contributed by atoms with van der Waals surface area (Å²) in [7, 11) is 3.75. The number of aliphatic hydroxyl groups excluding tert-OH is 2. The second-order valence-corrected chi connectivity index (χ2v) is 5.01. The zero-order valence-corrected chi connectivity index (χ0v) is 11.1. The largest absolute Gasteiger partial charge is 0.397 e. The molecule has 0 radical (unpaired) electrons. The standard InChI is InChI=1S/C13H19N3O3/c1-15(2)10-4-3-8(5-9(10)14)13(19)16-6-11(17)12(18)7-16/h3-5,11-12,17-18H,6-7,14H2,1-2H3/t11-,12+. The van der Waals surface area contributed by atoms with Crippen LogP contribution in [0.25, 0.3) is 0 Å². The molecular formula is C13H19N3O3. The smallest absolute Gasteiger partial charge is 0.254 e. The lowest BCUT2D eigenvalue weighted by atomic mass is 10.1. The van der Waals surface area contributed by atoms with Crippen LogP contribution >= 0.6 is 0 Å². The van der Waals surface area contributed by atoms with E-state index in [1.54, 1.807) is 18.2 Å². The summed E-state index contributed by atoms with van der Waals surface area (Å²) in [5.74, 6) is -0.229. The third-order valence-electron chi connectivity index (χ3n) is 3.30. The molecular weight excluding hydrogens is 246 g/mol. The van der Waals surface area contributed by atoms with Gasteiger partial charge >= 0.3 is 0 Å². The van der Waals surface area contributed by atoms with E-state index in [1.807, 2.05) is 19.0 Å². The molecule has 104 valence electrons. The highest BCUT2D eigenvalue weighted by Crippen LogP contribution is 2.24. The van der Waals surface area contributed by atoms with Crippen molar-refractivity contribution in [2.45, 2.75) is 12.2 Å². The highest BCUT2D eigenvalue weighted by atomic mass is 16.3. The maximum absolute atomic E-state index is 12.2. The Balaban J connectivity index is 2.19. The van der Waals surface area contributed by atoms with E-state index in [2.05, 4.69) is 0 Å². The van der Waals surface area contributed by atoms with Crippen LogP contribution in [0.4, 0.5) is 11.4 Å². The Hall–Kier alpha value is -1.79. The molecule has 4 N–H and O–H groups in total. The first-order chi connectivity index (χ1) is 8.90. The number of anilines is 2. The fourth-order valence-corrected chi connectivity index (χ4v) is 2.21. The maximum Gasteiger partial charge on any atom is 0.254 e. The molecule has 1 aromatic carbocycles. The number of carbonyl (C=O) groups is 1. The predicted molar refractivity (Wildman–Crippen MR) is 73.1 cm³/mol. The Morgan fingerprint density at radius 1 is 1.32 bits per heavy atom. The highest BCUT2D eigenvalue weighted by Gasteiger charge is 2.33. The van der Waals surface area contributed by atoms with Crippen molar-refractivity contribution in [1.82, 2.24) is 4.90 Å². The molecule has 19 heavy (non-hydrogen) atoms. The highest BCUT2D eigenvalue weighted by molar-refractivity contribution is 5.96. The van der Waals surface area contributed by atoms with E-state index in [1.165, 1.54) is 4.90 Å². The molecule has 1 aliphatic rings. The van der Waals surface area contributed by atoms with Crippen LogP contribution in [0.2, 0.25) is 0 Å². The molecule has 1 heterocycles. The van der Waals surface area contributed by atoms with Crippen LogP contribution in [0.15, 0.2) is 18.2 Å². The summed E-state index contributed by atoms with van der Waals surface area (Å²) in [5.41, 5.74) is 7.73. The topological polar surface area (TPSA) is 90.0 Å². The number of likely N-dealkylation sites (tertiary alicyclic amines) is 1. The van der Waals surface area contributed by atoms with Crippen molar-refractivity contribution in [1.29, 1.82) is 0 Å². The summed E-state index contributed by atoms with van der Waals surface area (Å²) in [6.45, 7) is 0.296. The van der Waals surface area contributed by atoms with Crippen molar-refractivity contribution in [3.63, 3.8) is 0 Å². The van der Waals surface area contributed by atoms with Gasteiger partial charge in [0.05, 0.1) is 23.6 Å². The molecule has 1 aromatic rings. The van der Waals surface area contributed by atoms with Crippen molar-refractivity contribution in [3.05, 3.63) is 23.8 Å². The van der Waals surface area contributed by atoms with Crippen LogP contribution in [0, 0.1) is 0 Å². The number of hydrogen-bond donors (Lipinski definition) is 3. The second-order valence-electron chi connectivity index (χ2n) is 5.01. The zero-order chi connectivity index (χ0) is 14.2. The van der Waals surface area contributed by atoms with Gasteiger partial charge in [-0.05, 0) is 18.2 Å². The number of nitrogen functional groups attached to an aromatic ring is 1. The Morgan fingerprint density at radius 3 is 2.37 bits per heavy atom. The minimum absolute atomic E-state index is 0.148. The van der Waals surface area contributed by atoms with E-state index in [9.17, 15) is 15.0 Å². The van der Waals surface area contributed by atoms with Gasteiger partial charge in [-0.3, -0.25) is 4.79 Å². The molecule has 1 amide bonds. The molecule has 0 saturated carbocycles. The molecule has 1 aliphatic heterocycles. The maximum atomic E-state index is 12.2. The lowest BCUT2D eigenvalue weighted by Crippen LogP contribution is -2.30. The van der Waals surface area contributed by atoms with Gasteiger partial charge in [0.15, 0.2) is 0 Å². The molecule has 0 spiro atoms. The summed E-state index contributed by atoms with van der Waals surface area (Å²) in [5, 5.41) is 18.9. The van der Waals surface area contributed by atoms with E-state index < -0.39 is 12.2 Å². The number of benzene rings is 1. The van der Waals surface area contributed by atoms with Gasteiger partial charge in [-0.2, -0.15) is 0 Å². The van der Waals surface area contributed by atoms with Gasteiger partial charge in [0.25, 0.3) is 5.91 Å². The first-order valence-corrected chi connectivity index (χ1v) is 6.12. The number of aliphatic hydroxyl groups is 2. The molecule has 1 fully saturated rings. The van der Waals surface area contributed by atoms with Crippen LogP contribution in [-0.2, 0) is 0 Å². The third-order valence-corrected chi connectivity index (χ3v) is 3.30. The molecule has 6 nitrogen and oxygen atoms in total. The van der Waals surface area contributed by atoms with Crippen LogP contribution in [-0.4, -0.2) is 60.4 Å². The summed E-state index contributed by atoms with van der Waals surface area (Å²) in [6.07, 6.45) is -1.75. The Bertz CT molecular complexity index is 480. The van der Waals surface area contributed by atoms with E-state index in [4.69, 9.17) is 5.73 Å². The lowest BCUT2D eigenvalue weighted by Gasteiger charge is -2.18. The fourth-order valence-electron chi connectivity index (χ4n) is 2.21. The predicted octanol–water partition coefficient (Wildman–Crippen LogP) is -0.488. The number of rotatable bonds is 2. The zero-order valence-electron chi connectivity index (χ0n) is 11.1. The van der Waals surface area contributed by atoms with Crippen LogP contribution in [0.5, 0.6) is 0 Å². The van der Waals surface area contributed by atoms with Crippen molar-refractivity contribution < 1.29 is 15.0 Å². The number of amides is 1. The van der Waals surface area contributed by atoms with Crippen LogP contribution < -0.4 is 10.6 Å². The van der Waals surface area contributed by atoms with Gasteiger partial charge in [0.1, 0.15) is 0 Å². The average molecular weight is 265 g/mol. The van der Waals surface area contributed by atoms with Gasteiger partial charge in [-0.25, -0.2) is 0 Å². The van der Waals surface area contributed by atoms with Crippen molar-refractivity contribution in [2.24, 2.45) is 0 Å². The summed E-state index contributed by atoms with van der Waals surface area (Å²) in [4.78, 5) is 15.5. The Labute approximate surface area is 112 Å². The summed E-state index contributed by atoms with van der Waals surface area (Å²) >= 11 is 0. The lowest BCUT2D eigenvalue weighted by molar-refractivity contribution is 0.0572. The Kier molecular flexibility index (Phi) is 3.64. The van der Waals surface area contributed by atoms with Crippen molar-refractivity contribution in [2.75, 3.05) is 37.8 Å². The molecule has 0 aliphatic carbocycles. The molecule has 0 unspecified atom stereocenters. The summed E-state index contributed by atoms with van der Waals surface area (Å²) < 4.78 is 0. The van der Waals surface area contributed by atoms with Crippen LogP contribution in [0.3, 0.4) is 0 Å². The van der Waals surface area contributed by atoms with E-state index in [0.717, 1.165) is 5.69 Å². The first kappa shape index (κ1) is 13.6. The van der Waals surface area contributed by atoms with Crippen molar-refractivity contribution >= 4 is 17.3 Å². The quantitative estimate of drug-likeness (QED) is 0.628. The first-order valence-electron chi connectivity index (χ1n) is 6.12. The number of hydrogen-bond acceptors (Lipinski definition) is 5. The van der Waals surface area contributed by atoms with E-state index in [0.29, 0.717) is 11.3 Å². The minimum Gasteiger partial charge on any atom is -0.397 e. The Morgan fingerprint density at radius 2 is 1.89 bits per heavy atom. The fraction of sp³-hybridized carbons (Fsp3) is 0.462. The molecule has 1 saturated heterocycles. The number of β-amino-alcohol motifs (C(OH)–C–C–N with tert-alkyl or cyclic N) is 2.